The predicted molar refractivity (Wildman–Crippen MR) is 138 cm³/mol. The van der Waals surface area contributed by atoms with Crippen LogP contribution in [0.1, 0.15) is 28.3 Å². The Kier molecular flexibility index (Phi) is 6.99. The van der Waals surface area contributed by atoms with E-state index in [1.807, 2.05) is 24.3 Å². The summed E-state index contributed by atoms with van der Waals surface area (Å²) in [5.41, 5.74) is 5.76. The molecule has 1 saturated heterocycles. The van der Waals surface area contributed by atoms with Gasteiger partial charge in [0.05, 0.1) is 32.6 Å². The first-order valence-electron chi connectivity index (χ1n) is 12.0. The van der Waals surface area contributed by atoms with Crippen molar-refractivity contribution in [2.24, 2.45) is 4.99 Å². The molecule has 4 heterocycles. The molecule has 4 aromatic rings. The fourth-order valence-electron chi connectivity index (χ4n) is 4.16. The zero-order chi connectivity index (χ0) is 24.0. The van der Waals surface area contributed by atoms with Crippen LogP contribution in [0.4, 0.5) is 5.82 Å². The summed E-state index contributed by atoms with van der Waals surface area (Å²) in [5.74, 6) is 1.91. The number of morpholine rings is 1. The molecule has 0 radical (unpaired) electrons. The number of hydrogen-bond donors (Lipinski definition) is 1. The Balaban J connectivity index is 1.32. The molecule has 1 aliphatic heterocycles. The van der Waals surface area contributed by atoms with Gasteiger partial charge in [0, 0.05) is 54.1 Å². The first-order chi connectivity index (χ1) is 17.2. The van der Waals surface area contributed by atoms with Gasteiger partial charge in [-0.25, -0.2) is 4.98 Å². The van der Waals surface area contributed by atoms with Crippen molar-refractivity contribution >= 4 is 22.9 Å². The number of ether oxygens (including phenoxy) is 2. The largest absolute Gasteiger partial charge is 0.477 e. The highest BCUT2D eigenvalue weighted by atomic mass is 16.5. The number of aromatic nitrogens is 4. The van der Waals surface area contributed by atoms with Crippen molar-refractivity contribution in [3.63, 3.8) is 0 Å². The van der Waals surface area contributed by atoms with Gasteiger partial charge in [-0.15, -0.1) is 0 Å². The number of rotatable bonds is 8. The summed E-state index contributed by atoms with van der Waals surface area (Å²) in [6.45, 7) is 8.23. The van der Waals surface area contributed by atoms with E-state index in [1.54, 1.807) is 12.4 Å². The minimum Gasteiger partial charge on any atom is -0.477 e. The van der Waals surface area contributed by atoms with Crippen molar-refractivity contribution in [3.8, 4) is 5.88 Å². The maximum absolute atomic E-state index is 6.00. The summed E-state index contributed by atoms with van der Waals surface area (Å²) >= 11 is 0. The lowest BCUT2D eigenvalue weighted by Gasteiger charge is -2.28. The molecule has 1 fully saturated rings. The lowest BCUT2D eigenvalue weighted by Crippen LogP contribution is -2.37. The average Bonchev–Trinajstić information content (AvgIpc) is 3.18. The number of H-pyrrole nitrogens is 1. The van der Waals surface area contributed by atoms with Gasteiger partial charge in [-0.05, 0) is 49.2 Å². The predicted octanol–water partition coefficient (Wildman–Crippen LogP) is 4.05. The first kappa shape index (κ1) is 23.0. The molecule has 1 aromatic carbocycles. The molecule has 0 bridgehead atoms. The fraction of sp³-hybridized carbons (Fsp3) is 0.333. The Hall–Kier alpha value is -3.78. The summed E-state index contributed by atoms with van der Waals surface area (Å²) in [5, 5.41) is 1.24. The summed E-state index contributed by atoms with van der Waals surface area (Å²) in [6.07, 6.45) is 4.23. The van der Waals surface area contributed by atoms with Gasteiger partial charge in [-0.2, -0.15) is 4.98 Å². The van der Waals surface area contributed by atoms with Gasteiger partial charge in [0.2, 0.25) is 5.88 Å². The number of aryl methyl sites for hydroxylation is 2. The molecule has 5 rings (SSSR count). The molecule has 1 N–H and O–H groups in total. The van der Waals surface area contributed by atoms with Crippen LogP contribution < -0.4 is 9.64 Å². The van der Waals surface area contributed by atoms with Gasteiger partial charge in [-0.1, -0.05) is 12.1 Å². The van der Waals surface area contributed by atoms with Crippen molar-refractivity contribution in [1.29, 1.82) is 0 Å². The minimum atomic E-state index is 0.489. The number of pyridine rings is 1. The van der Waals surface area contributed by atoms with Crippen molar-refractivity contribution in [1.82, 2.24) is 19.9 Å². The molecule has 8 nitrogen and oxygen atoms in total. The van der Waals surface area contributed by atoms with Crippen LogP contribution in [-0.2, 0) is 17.7 Å². The SMILES string of the molecule is Cc1[nH]c2ccc(CN=Cc3nc(OCCc4ccccn4)cc(N4CCOCC4)n3)cc2c1C. The summed E-state index contributed by atoms with van der Waals surface area (Å²) < 4.78 is 11.5. The summed E-state index contributed by atoms with van der Waals surface area (Å²) in [7, 11) is 0. The quantitative estimate of drug-likeness (QED) is 0.391. The number of anilines is 1. The third-order valence-corrected chi connectivity index (χ3v) is 6.23. The Morgan fingerprint density at radius 1 is 1.11 bits per heavy atom. The monoisotopic (exact) mass is 470 g/mol. The van der Waals surface area contributed by atoms with E-state index in [4.69, 9.17) is 14.5 Å². The van der Waals surface area contributed by atoms with Crippen LogP contribution in [0.2, 0.25) is 0 Å². The number of hydrogen-bond acceptors (Lipinski definition) is 7. The molecule has 1 aliphatic rings. The number of fused-ring (bicyclic) bond motifs is 1. The van der Waals surface area contributed by atoms with E-state index in [0.29, 0.717) is 44.5 Å². The molecule has 8 heteroatoms. The van der Waals surface area contributed by atoms with Crippen LogP contribution in [0.5, 0.6) is 5.88 Å². The maximum Gasteiger partial charge on any atom is 0.219 e. The van der Waals surface area contributed by atoms with E-state index < -0.39 is 0 Å². The van der Waals surface area contributed by atoms with Crippen LogP contribution >= 0.6 is 0 Å². The van der Waals surface area contributed by atoms with Crippen molar-refractivity contribution in [2.75, 3.05) is 37.8 Å². The average molecular weight is 471 g/mol. The lowest BCUT2D eigenvalue weighted by atomic mass is 10.1. The van der Waals surface area contributed by atoms with Gasteiger partial charge >= 0.3 is 0 Å². The van der Waals surface area contributed by atoms with Crippen LogP contribution in [-0.4, -0.2) is 59.1 Å². The Bertz CT molecular complexity index is 1310. The van der Waals surface area contributed by atoms with Crippen LogP contribution in [0.3, 0.4) is 0 Å². The van der Waals surface area contributed by atoms with Crippen LogP contribution in [0, 0.1) is 13.8 Å². The van der Waals surface area contributed by atoms with Gasteiger partial charge in [0.1, 0.15) is 5.82 Å². The molecule has 35 heavy (non-hydrogen) atoms. The smallest absolute Gasteiger partial charge is 0.219 e. The van der Waals surface area contributed by atoms with E-state index in [9.17, 15) is 0 Å². The van der Waals surface area contributed by atoms with Gasteiger partial charge in [-0.3, -0.25) is 9.98 Å². The summed E-state index contributed by atoms with van der Waals surface area (Å²) in [4.78, 5) is 23.9. The van der Waals surface area contributed by atoms with Gasteiger partial charge in [0.15, 0.2) is 5.82 Å². The number of nitrogens with zero attached hydrogens (tertiary/aromatic N) is 5. The van der Waals surface area contributed by atoms with Gasteiger partial charge < -0.3 is 19.4 Å². The highest BCUT2D eigenvalue weighted by Gasteiger charge is 2.15. The third kappa shape index (κ3) is 5.66. The zero-order valence-electron chi connectivity index (χ0n) is 20.2. The highest BCUT2D eigenvalue weighted by Crippen LogP contribution is 2.23. The lowest BCUT2D eigenvalue weighted by molar-refractivity contribution is 0.122. The normalized spacial score (nSPS) is 14.2. The van der Waals surface area contributed by atoms with Crippen LogP contribution in [0.15, 0.2) is 53.7 Å². The van der Waals surface area contributed by atoms with E-state index in [0.717, 1.165) is 35.7 Å². The molecule has 0 saturated carbocycles. The van der Waals surface area contributed by atoms with Crippen molar-refractivity contribution in [3.05, 3.63) is 77.0 Å². The highest BCUT2D eigenvalue weighted by molar-refractivity contribution is 5.85. The second kappa shape index (κ2) is 10.7. The van der Waals surface area contributed by atoms with E-state index in [-0.39, 0.29) is 0 Å². The van der Waals surface area contributed by atoms with Crippen LogP contribution in [0.25, 0.3) is 10.9 Å². The number of aromatic amines is 1. The molecule has 180 valence electrons. The standard InChI is InChI=1S/C27H30N6O2/c1-19-20(2)30-24-7-6-21(15-23(19)24)17-28-18-25-31-26(33-10-13-34-14-11-33)16-27(32-25)35-12-8-22-5-3-4-9-29-22/h3-7,9,15-16,18,30H,8,10-14,17H2,1-2H3. The molecular weight excluding hydrogens is 440 g/mol. The molecule has 3 aromatic heterocycles. The first-order valence-corrected chi connectivity index (χ1v) is 12.0. The topological polar surface area (TPSA) is 88.5 Å². The van der Waals surface area contributed by atoms with Gasteiger partial charge in [0.25, 0.3) is 0 Å². The Labute approximate surface area is 205 Å². The molecule has 0 atom stereocenters. The Morgan fingerprint density at radius 2 is 2.00 bits per heavy atom. The molecule has 0 aliphatic carbocycles. The van der Waals surface area contributed by atoms with Crippen molar-refractivity contribution < 1.29 is 9.47 Å². The number of benzene rings is 1. The maximum atomic E-state index is 6.00. The molecule has 0 spiro atoms. The van der Waals surface area contributed by atoms with E-state index in [1.165, 1.54) is 16.6 Å². The number of nitrogens with one attached hydrogen (secondary N) is 1. The van der Waals surface area contributed by atoms with Crippen molar-refractivity contribution in [2.45, 2.75) is 26.8 Å². The second-order valence-electron chi connectivity index (χ2n) is 8.67. The minimum absolute atomic E-state index is 0.489. The molecule has 0 unspecified atom stereocenters. The fourth-order valence-corrected chi connectivity index (χ4v) is 4.16. The summed E-state index contributed by atoms with van der Waals surface area (Å²) in [6, 6.07) is 14.2. The van der Waals surface area contributed by atoms with E-state index >= 15 is 0 Å². The third-order valence-electron chi connectivity index (χ3n) is 6.23. The molecular formula is C27H30N6O2. The number of aliphatic imine (C=N–C) groups is 1. The molecule has 0 amide bonds. The zero-order valence-corrected chi connectivity index (χ0v) is 20.2. The van der Waals surface area contributed by atoms with E-state index in [2.05, 4.69) is 56.9 Å². The second-order valence-corrected chi connectivity index (χ2v) is 8.67. The Morgan fingerprint density at radius 3 is 2.83 bits per heavy atom.